The summed E-state index contributed by atoms with van der Waals surface area (Å²) >= 11 is 6.00. The monoisotopic (exact) mass is 437 g/mol. The third-order valence-corrected chi connectivity index (χ3v) is 5.68. The summed E-state index contributed by atoms with van der Waals surface area (Å²) in [5, 5.41) is 12.8. The lowest BCUT2D eigenvalue weighted by Crippen LogP contribution is -2.32. The molecule has 0 unspecified atom stereocenters. The average Bonchev–Trinajstić information content (AvgIpc) is 3.20. The van der Waals surface area contributed by atoms with E-state index in [9.17, 15) is 9.59 Å². The Balaban J connectivity index is 1.76. The van der Waals surface area contributed by atoms with Gasteiger partial charge in [0.1, 0.15) is 5.82 Å². The zero-order chi connectivity index (χ0) is 22.0. The van der Waals surface area contributed by atoms with Crippen molar-refractivity contribution < 1.29 is 4.79 Å². The van der Waals surface area contributed by atoms with Crippen molar-refractivity contribution in [2.45, 2.75) is 45.7 Å². The van der Waals surface area contributed by atoms with E-state index in [1.54, 1.807) is 22.8 Å². The van der Waals surface area contributed by atoms with Crippen LogP contribution in [0.4, 0.5) is 0 Å². The van der Waals surface area contributed by atoms with Gasteiger partial charge in [0.15, 0.2) is 0 Å². The van der Waals surface area contributed by atoms with E-state index in [1.807, 2.05) is 48.6 Å². The van der Waals surface area contributed by atoms with E-state index in [1.165, 1.54) is 0 Å². The van der Waals surface area contributed by atoms with E-state index in [2.05, 4.69) is 15.5 Å². The second kappa shape index (κ2) is 8.89. The number of aryl methyl sites for hydroxylation is 1. The molecule has 0 fully saturated rings. The lowest BCUT2D eigenvalue weighted by atomic mass is 10.2. The van der Waals surface area contributed by atoms with Crippen molar-refractivity contribution in [2.75, 3.05) is 0 Å². The predicted molar refractivity (Wildman–Crippen MR) is 122 cm³/mol. The molecular formula is C23H24ClN5O2. The number of halogens is 1. The summed E-state index contributed by atoms with van der Waals surface area (Å²) in [6.45, 7) is 4.35. The molecule has 4 aromatic rings. The van der Waals surface area contributed by atoms with Crippen LogP contribution in [0.3, 0.4) is 0 Å². The molecule has 0 spiro atoms. The van der Waals surface area contributed by atoms with Gasteiger partial charge in [-0.1, -0.05) is 42.8 Å². The molecule has 1 N–H and O–H groups in total. The Morgan fingerprint density at radius 3 is 2.61 bits per heavy atom. The highest BCUT2D eigenvalue weighted by molar-refractivity contribution is 6.30. The van der Waals surface area contributed by atoms with E-state index in [-0.39, 0.29) is 17.5 Å². The van der Waals surface area contributed by atoms with Crippen LogP contribution in [-0.4, -0.2) is 31.1 Å². The van der Waals surface area contributed by atoms with E-state index in [0.29, 0.717) is 41.4 Å². The molecule has 160 valence electrons. The molecule has 0 radical (unpaired) electrons. The van der Waals surface area contributed by atoms with Gasteiger partial charge in [-0.25, -0.2) is 0 Å². The first-order valence-electron chi connectivity index (χ1n) is 10.4. The van der Waals surface area contributed by atoms with Crippen molar-refractivity contribution in [3.63, 3.8) is 0 Å². The van der Waals surface area contributed by atoms with Crippen LogP contribution >= 0.6 is 11.6 Å². The van der Waals surface area contributed by atoms with Gasteiger partial charge in [0.2, 0.25) is 11.7 Å². The summed E-state index contributed by atoms with van der Waals surface area (Å²) in [5.41, 5.74) is 1.53. The Kier molecular flexibility index (Phi) is 6.04. The molecule has 1 amide bonds. The van der Waals surface area contributed by atoms with Crippen molar-refractivity contribution in [1.82, 2.24) is 24.5 Å². The number of nitrogens with one attached hydrogen (secondary N) is 1. The van der Waals surface area contributed by atoms with Gasteiger partial charge in [0.05, 0.1) is 17.4 Å². The number of aromatic nitrogens is 4. The quantitative estimate of drug-likeness (QED) is 0.479. The molecule has 1 atom stereocenters. The number of hydrogen-bond acceptors (Lipinski definition) is 4. The maximum absolute atomic E-state index is 13.2. The summed E-state index contributed by atoms with van der Waals surface area (Å²) in [4.78, 5) is 25.5. The first-order valence-corrected chi connectivity index (χ1v) is 10.7. The Hall–Kier alpha value is -3.19. The van der Waals surface area contributed by atoms with Crippen LogP contribution in [0, 0.1) is 0 Å². The molecule has 0 saturated heterocycles. The summed E-state index contributed by atoms with van der Waals surface area (Å²) in [7, 11) is 0. The molecule has 0 saturated carbocycles. The van der Waals surface area contributed by atoms with Gasteiger partial charge in [-0.15, -0.1) is 10.2 Å². The molecule has 0 aliphatic rings. The third kappa shape index (κ3) is 4.32. The highest BCUT2D eigenvalue weighted by Gasteiger charge is 2.17. The SMILES string of the molecule is CC[C@H](C)NC(=O)CCc1nnc2n(Cc3ccc(Cl)cc3)c(=O)c3ccccc3n12. The lowest BCUT2D eigenvalue weighted by Gasteiger charge is -2.12. The van der Waals surface area contributed by atoms with E-state index >= 15 is 0 Å². The largest absolute Gasteiger partial charge is 0.354 e. The molecule has 31 heavy (non-hydrogen) atoms. The van der Waals surface area contributed by atoms with E-state index in [4.69, 9.17) is 11.6 Å². The van der Waals surface area contributed by atoms with Gasteiger partial charge in [0.25, 0.3) is 5.56 Å². The predicted octanol–water partition coefficient (Wildman–Crippen LogP) is 3.59. The molecule has 2 aromatic heterocycles. The van der Waals surface area contributed by atoms with Crippen molar-refractivity contribution in [3.05, 3.63) is 75.3 Å². The molecule has 4 rings (SSSR count). The topological polar surface area (TPSA) is 81.3 Å². The van der Waals surface area contributed by atoms with E-state index in [0.717, 1.165) is 17.5 Å². The van der Waals surface area contributed by atoms with Gasteiger partial charge in [-0.3, -0.25) is 18.6 Å². The van der Waals surface area contributed by atoms with Crippen LogP contribution in [-0.2, 0) is 17.8 Å². The van der Waals surface area contributed by atoms with Crippen LogP contribution in [0.5, 0.6) is 0 Å². The van der Waals surface area contributed by atoms with Gasteiger partial charge < -0.3 is 5.32 Å². The number of para-hydroxylation sites is 1. The number of amides is 1. The lowest BCUT2D eigenvalue weighted by molar-refractivity contribution is -0.121. The minimum Gasteiger partial charge on any atom is -0.354 e. The van der Waals surface area contributed by atoms with Gasteiger partial charge in [-0.05, 0) is 43.2 Å². The summed E-state index contributed by atoms with van der Waals surface area (Å²) in [6, 6.07) is 14.9. The summed E-state index contributed by atoms with van der Waals surface area (Å²) < 4.78 is 3.49. The van der Waals surface area contributed by atoms with Crippen LogP contribution < -0.4 is 10.9 Å². The van der Waals surface area contributed by atoms with Crippen LogP contribution in [0.15, 0.2) is 53.3 Å². The number of carbonyl (C=O) groups is 1. The van der Waals surface area contributed by atoms with Gasteiger partial charge in [0, 0.05) is 23.9 Å². The van der Waals surface area contributed by atoms with Crippen molar-refractivity contribution in [3.8, 4) is 0 Å². The minimum absolute atomic E-state index is 0.0232. The zero-order valence-corrected chi connectivity index (χ0v) is 18.3. The number of benzene rings is 2. The van der Waals surface area contributed by atoms with Gasteiger partial charge >= 0.3 is 0 Å². The number of hydrogen-bond donors (Lipinski definition) is 1. The molecule has 8 heteroatoms. The highest BCUT2D eigenvalue weighted by atomic mass is 35.5. The fraction of sp³-hybridized carbons (Fsp3) is 0.304. The molecule has 2 aromatic carbocycles. The van der Waals surface area contributed by atoms with Crippen molar-refractivity contribution in [1.29, 1.82) is 0 Å². The summed E-state index contributed by atoms with van der Waals surface area (Å²) in [6.07, 6.45) is 1.60. The van der Waals surface area contributed by atoms with Crippen LogP contribution in [0.1, 0.15) is 38.1 Å². The Labute approximate surface area is 184 Å². The fourth-order valence-corrected chi connectivity index (χ4v) is 3.69. The maximum atomic E-state index is 13.2. The summed E-state index contributed by atoms with van der Waals surface area (Å²) in [5.74, 6) is 1.08. The normalized spacial score (nSPS) is 12.4. The molecule has 0 aliphatic carbocycles. The smallest absolute Gasteiger partial charge is 0.263 e. The highest BCUT2D eigenvalue weighted by Crippen LogP contribution is 2.17. The van der Waals surface area contributed by atoms with Crippen LogP contribution in [0.2, 0.25) is 5.02 Å². The second-order valence-corrected chi connectivity index (χ2v) is 8.10. The standard InChI is InChI=1S/C23H24ClN5O2/c1-3-15(2)25-21(30)13-12-20-26-27-23-28(14-16-8-10-17(24)11-9-16)22(31)18-6-4-5-7-19(18)29(20)23/h4-11,15H,3,12-14H2,1-2H3,(H,25,30)/t15-/m0/s1. The minimum atomic E-state index is -0.133. The number of nitrogens with zero attached hydrogens (tertiary/aromatic N) is 4. The van der Waals surface area contributed by atoms with E-state index < -0.39 is 0 Å². The first-order chi connectivity index (χ1) is 15.0. The Bertz CT molecular complexity index is 1290. The second-order valence-electron chi connectivity index (χ2n) is 7.66. The molecule has 0 aliphatic heterocycles. The molecular weight excluding hydrogens is 414 g/mol. The average molecular weight is 438 g/mol. The fourth-order valence-electron chi connectivity index (χ4n) is 3.57. The van der Waals surface area contributed by atoms with Crippen molar-refractivity contribution >= 4 is 34.2 Å². The number of carbonyl (C=O) groups excluding carboxylic acids is 1. The third-order valence-electron chi connectivity index (χ3n) is 5.42. The zero-order valence-electron chi connectivity index (χ0n) is 17.5. The maximum Gasteiger partial charge on any atom is 0.263 e. The molecule has 2 heterocycles. The van der Waals surface area contributed by atoms with Gasteiger partial charge in [-0.2, -0.15) is 0 Å². The van der Waals surface area contributed by atoms with Crippen LogP contribution in [0.25, 0.3) is 16.7 Å². The Morgan fingerprint density at radius 2 is 1.87 bits per heavy atom. The van der Waals surface area contributed by atoms with Crippen molar-refractivity contribution in [2.24, 2.45) is 0 Å². The molecule has 7 nitrogen and oxygen atoms in total. The number of fused-ring (bicyclic) bond motifs is 3. The number of rotatable bonds is 7. The Morgan fingerprint density at radius 1 is 1.13 bits per heavy atom. The first kappa shape index (κ1) is 21.1. The molecule has 0 bridgehead atoms.